The summed E-state index contributed by atoms with van der Waals surface area (Å²) in [5.41, 5.74) is 3.52. The lowest BCUT2D eigenvalue weighted by Gasteiger charge is -2.35. The number of likely N-dealkylation sites (tertiary alicyclic amines) is 1. The quantitative estimate of drug-likeness (QED) is 0.370. The molecule has 1 aromatic carbocycles. The minimum Gasteiger partial charge on any atom is -0.394 e. The van der Waals surface area contributed by atoms with Gasteiger partial charge in [-0.2, -0.15) is 0 Å². The fourth-order valence-electron chi connectivity index (χ4n) is 5.46. The lowest BCUT2D eigenvalue weighted by Crippen LogP contribution is -2.37. The van der Waals surface area contributed by atoms with Gasteiger partial charge in [0.2, 0.25) is 0 Å². The fraction of sp³-hybridized carbons (Fsp3) is 0.700. The van der Waals surface area contributed by atoms with Gasteiger partial charge in [-0.15, -0.1) is 0 Å². The number of aldehydes is 1. The molecule has 1 aliphatic carbocycles. The van der Waals surface area contributed by atoms with Gasteiger partial charge in [0.25, 0.3) is 0 Å². The molecular weight excluding hydrogens is 418 g/mol. The number of hydrogen-bond donors (Lipinski definition) is 1. The average molecular weight is 470 g/mol. The van der Waals surface area contributed by atoms with Crippen LogP contribution in [0.25, 0.3) is 0 Å². The number of carbonyl (C=O) groups excluding carboxylic acids is 1. The standard InChI is InChI=1S/C27H44N2O.C3H7N/c1-4-5-9-22(2)28(3)20-27-18-25(12-13-26(27)21-30)24-14-16-29(17-15-24)19-23-10-7-6-8-11-23;1-3-4-2/h12-13,18,21-24H,4-11,14-17,19-20H2,1-3H3;3-4H,1H2,2H3. The summed E-state index contributed by atoms with van der Waals surface area (Å²) in [5, 5.41) is 2.69. The number of piperidine rings is 1. The third-order valence-corrected chi connectivity index (χ3v) is 7.95. The third kappa shape index (κ3) is 9.54. The van der Waals surface area contributed by atoms with Crippen molar-refractivity contribution in [3.05, 3.63) is 47.7 Å². The Kier molecular flexibility index (Phi) is 13.5. The van der Waals surface area contributed by atoms with Crippen LogP contribution in [0.3, 0.4) is 0 Å². The second kappa shape index (κ2) is 16.1. The summed E-state index contributed by atoms with van der Waals surface area (Å²) in [6, 6.07) is 7.18. The molecule has 0 aromatic heterocycles. The van der Waals surface area contributed by atoms with E-state index in [1.807, 2.05) is 7.05 Å². The molecule has 1 saturated heterocycles. The lowest BCUT2D eigenvalue weighted by molar-refractivity contribution is 0.112. The number of rotatable bonds is 11. The van der Waals surface area contributed by atoms with Gasteiger partial charge < -0.3 is 10.2 Å². The minimum atomic E-state index is 0.552. The third-order valence-electron chi connectivity index (χ3n) is 7.95. The maximum atomic E-state index is 11.6. The molecule has 1 atom stereocenters. The van der Waals surface area contributed by atoms with Crippen molar-refractivity contribution < 1.29 is 4.79 Å². The summed E-state index contributed by atoms with van der Waals surface area (Å²) in [7, 11) is 4.01. The molecule has 1 saturated carbocycles. The molecule has 1 aliphatic heterocycles. The maximum absolute atomic E-state index is 11.6. The van der Waals surface area contributed by atoms with Crippen molar-refractivity contribution >= 4 is 6.29 Å². The summed E-state index contributed by atoms with van der Waals surface area (Å²) < 4.78 is 0. The van der Waals surface area contributed by atoms with Crippen LogP contribution in [0, 0.1) is 5.92 Å². The SMILES string of the molecule is C=CNC.CCCCC(C)N(C)Cc1cc(C2CCN(CC3CCCCC3)CC2)ccc1C=O. The zero-order chi connectivity index (χ0) is 24.8. The molecule has 0 radical (unpaired) electrons. The first-order valence-electron chi connectivity index (χ1n) is 13.8. The summed E-state index contributed by atoms with van der Waals surface area (Å²) in [6.45, 7) is 12.6. The van der Waals surface area contributed by atoms with E-state index >= 15 is 0 Å². The van der Waals surface area contributed by atoms with Crippen LogP contribution in [0.4, 0.5) is 0 Å². The summed E-state index contributed by atoms with van der Waals surface area (Å²) in [4.78, 5) is 16.8. The number of benzene rings is 1. The van der Waals surface area contributed by atoms with Crippen molar-refractivity contribution in [2.75, 3.05) is 33.7 Å². The summed E-state index contributed by atoms with van der Waals surface area (Å²) in [5.74, 6) is 1.59. The van der Waals surface area contributed by atoms with Crippen molar-refractivity contribution in [3.8, 4) is 0 Å². The highest BCUT2D eigenvalue weighted by atomic mass is 16.1. The second-order valence-electron chi connectivity index (χ2n) is 10.6. The molecule has 2 aliphatic rings. The Labute approximate surface area is 210 Å². The minimum absolute atomic E-state index is 0.552. The van der Waals surface area contributed by atoms with Crippen molar-refractivity contribution in [2.45, 2.75) is 96.6 Å². The summed E-state index contributed by atoms with van der Waals surface area (Å²) in [6.07, 6.45) is 16.1. The van der Waals surface area contributed by atoms with Gasteiger partial charge in [0, 0.05) is 31.7 Å². The molecule has 0 spiro atoms. The Balaban J connectivity index is 0.000000945. The monoisotopic (exact) mass is 469 g/mol. The Morgan fingerprint density at radius 2 is 1.85 bits per heavy atom. The molecule has 0 amide bonds. The van der Waals surface area contributed by atoms with Gasteiger partial charge in [-0.05, 0) is 88.3 Å². The van der Waals surface area contributed by atoms with Gasteiger partial charge in [-0.3, -0.25) is 9.69 Å². The largest absolute Gasteiger partial charge is 0.394 e. The van der Waals surface area contributed by atoms with Gasteiger partial charge in [0.15, 0.2) is 0 Å². The lowest BCUT2D eigenvalue weighted by atomic mass is 9.85. The predicted molar refractivity (Wildman–Crippen MR) is 147 cm³/mol. The molecular formula is C30H51N3O. The molecule has 1 unspecified atom stereocenters. The highest BCUT2D eigenvalue weighted by Crippen LogP contribution is 2.31. The molecule has 4 heteroatoms. The predicted octanol–water partition coefficient (Wildman–Crippen LogP) is 6.62. The smallest absolute Gasteiger partial charge is 0.150 e. The van der Waals surface area contributed by atoms with E-state index in [2.05, 4.69) is 60.8 Å². The van der Waals surface area contributed by atoms with Crippen molar-refractivity contribution in [3.63, 3.8) is 0 Å². The van der Waals surface area contributed by atoms with Crippen LogP contribution < -0.4 is 5.32 Å². The van der Waals surface area contributed by atoms with Crippen LogP contribution in [0.2, 0.25) is 0 Å². The average Bonchev–Trinajstić information content (AvgIpc) is 2.88. The Bertz CT molecular complexity index is 705. The molecule has 2 fully saturated rings. The van der Waals surface area contributed by atoms with Gasteiger partial charge in [0.1, 0.15) is 6.29 Å². The molecule has 1 heterocycles. The Morgan fingerprint density at radius 3 is 2.44 bits per heavy atom. The zero-order valence-electron chi connectivity index (χ0n) is 22.5. The van der Waals surface area contributed by atoms with E-state index in [-0.39, 0.29) is 0 Å². The normalized spacial score (nSPS) is 18.7. The topological polar surface area (TPSA) is 35.6 Å². The first kappa shape index (κ1) is 28.6. The summed E-state index contributed by atoms with van der Waals surface area (Å²) >= 11 is 0. The molecule has 3 rings (SSSR count). The second-order valence-corrected chi connectivity index (χ2v) is 10.6. The zero-order valence-corrected chi connectivity index (χ0v) is 22.5. The highest BCUT2D eigenvalue weighted by Gasteiger charge is 2.24. The van der Waals surface area contributed by atoms with Crippen LogP contribution in [0.15, 0.2) is 31.0 Å². The van der Waals surface area contributed by atoms with E-state index in [0.29, 0.717) is 12.0 Å². The molecule has 1 N–H and O–H groups in total. The van der Waals surface area contributed by atoms with E-state index in [9.17, 15) is 4.79 Å². The highest BCUT2D eigenvalue weighted by molar-refractivity contribution is 5.77. The number of hydrogen-bond acceptors (Lipinski definition) is 4. The molecule has 4 nitrogen and oxygen atoms in total. The first-order valence-corrected chi connectivity index (χ1v) is 13.8. The number of nitrogens with zero attached hydrogens (tertiary/aromatic N) is 2. The van der Waals surface area contributed by atoms with Crippen molar-refractivity contribution in [1.82, 2.24) is 15.1 Å². The van der Waals surface area contributed by atoms with Crippen LogP contribution in [0.5, 0.6) is 0 Å². The number of nitrogens with one attached hydrogen (secondary N) is 1. The van der Waals surface area contributed by atoms with E-state index in [1.165, 1.54) is 95.0 Å². The molecule has 192 valence electrons. The Morgan fingerprint density at radius 1 is 1.18 bits per heavy atom. The van der Waals surface area contributed by atoms with Gasteiger partial charge in [-0.25, -0.2) is 0 Å². The van der Waals surface area contributed by atoms with E-state index in [1.54, 1.807) is 6.20 Å². The van der Waals surface area contributed by atoms with E-state index in [0.717, 1.165) is 24.3 Å². The fourth-order valence-corrected chi connectivity index (χ4v) is 5.46. The van der Waals surface area contributed by atoms with E-state index in [4.69, 9.17) is 0 Å². The number of carbonyl (C=O) groups is 1. The van der Waals surface area contributed by atoms with Gasteiger partial charge in [-0.1, -0.05) is 63.8 Å². The Hall–Kier alpha value is -1.65. The van der Waals surface area contributed by atoms with Crippen LogP contribution in [-0.4, -0.2) is 55.9 Å². The van der Waals surface area contributed by atoms with Crippen LogP contribution in [-0.2, 0) is 6.54 Å². The molecule has 34 heavy (non-hydrogen) atoms. The molecule has 0 bridgehead atoms. The van der Waals surface area contributed by atoms with Crippen LogP contribution >= 0.6 is 0 Å². The van der Waals surface area contributed by atoms with Crippen molar-refractivity contribution in [2.24, 2.45) is 5.92 Å². The first-order chi connectivity index (χ1) is 16.5. The van der Waals surface area contributed by atoms with E-state index < -0.39 is 0 Å². The maximum Gasteiger partial charge on any atom is 0.150 e. The van der Waals surface area contributed by atoms with Crippen molar-refractivity contribution in [1.29, 1.82) is 0 Å². The van der Waals surface area contributed by atoms with Gasteiger partial charge >= 0.3 is 0 Å². The van der Waals surface area contributed by atoms with Crippen LogP contribution in [0.1, 0.15) is 105 Å². The van der Waals surface area contributed by atoms with Gasteiger partial charge in [0.05, 0.1) is 0 Å². The molecule has 1 aromatic rings. The number of unbranched alkanes of at least 4 members (excludes halogenated alkanes) is 1.